The highest BCUT2D eigenvalue weighted by Gasteiger charge is 2.27. The third-order valence-corrected chi connectivity index (χ3v) is 5.13. The molecule has 2 aromatic carbocycles. The Hall–Kier alpha value is -2.54. The summed E-state index contributed by atoms with van der Waals surface area (Å²) in [5.74, 6) is 1.04. The van der Waals surface area contributed by atoms with E-state index < -0.39 is 0 Å². The van der Waals surface area contributed by atoms with Crippen LogP contribution in [-0.4, -0.2) is 0 Å². The van der Waals surface area contributed by atoms with Gasteiger partial charge in [0.1, 0.15) is 5.76 Å². The molecule has 0 spiro atoms. The van der Waals surface area contributed by atoms with Crippen molar-refractivity contribution in [2.24, 2.45) is 0 Å². The number of rotatable bonds is 2. The molecule has 1 heteroatoms. The largest absolute Gasteiger partial charge is 0.464 e. The van der Waals surface area contributed by atoms with Gasteiger partial charge in [0.05, 0.1) is 6.26 Å². The van der Waals surface area contributed by atoms with Crippen molar-refractivity contribution >= 4 is 11.6 Å². The van der Waals surface area contributed by atoms with Gasteiger partial charge in [-0.1, -0.05) is 63.2 Å². The van der Waals surface area contributed by atoms with Crippen LogP contribution in [0.3, 0.4) is 0 Å². The predicted octanol–water partition coefficient (Wildman–Crippen LogP) is 6.65. The molecule has 0 aliphatic heterocycles. The van der Waals surface area contributed by atoms with Crippen LogP contribution in [0.5, 0.6) is 0 Å². The highest BCUT2D eigenvalue weighted by Crippen LogP contribution is 2.42. The molecule has 1 nitrogen and oxygen atoms in total. The van der Waals surface area contributed by atoms with Gasteiger partial charge in [-0.15, -0.1) is 0 Å². The number of allylic oxidation sites excluding steroid dienone is 1. The summed E-state index contributed by atoms with van der Waals surface area (Å²) in [4.78, 5) is 0. The van der Waals surface area contributed by atoms with Crippen molar-refractivity contribution in [2.75, 3.05) is 0 Å². The fraction of sp³-hybridized carbons (Fsp3) is 0.250. The molecule has 4 rings (SSSR count). The minimum Gasteiger partial charge on any atom is -0.464 e. The molecule has 0 fully saturated rings. The Morgan fingerprint density at radius 1 is 0.920 bits per heavy atom. The monoisotopic (exact) mass is 328 g/mol. The van der Waals surface area contributed by atoms with Crippen molar-refractivity contribution < 1.29 is 4.42 Å². The smallest absolute Gasteiger partial charge is 0.133 e. The van der Waals surface area contributed by atoms with Gasteiger partial charge in [0.2, 0.25) is 0 Å². The molecular weight excluding hydrogens is 304 g/mol. The molecule has 1 aromatic heterocycles. The minimum atomic E-state index is 0.0786. The summed E-state index contributed by atoms with van der Waals surface area (Å²) in [6.07, 6.45) is 5.10. The molecule has 3 aromatic rings. The zero-order chi connectivity index (χ0) is 17.6. The van der Waals surface area contributed by atoms with E-state index in [9.17, 15) is 0 Å². The average Bonchev–Trinajstić information content (AvgIpc) is 3.23. The average molecular weight is 328 g/mol. The number of furan rings is 1. The van der Waals surface area contributed by atoms with E-state index in [0.29, 0.717) is 0 Å². The Morgan fingerprint density at radius 2 is 1.68 bits per heavy atom. The van der Waals surface area contributed by atoms with Crippen molar-refractivity contribution in [2.45, 2.75) is 39.5 Å². The minimum absolute atomic E-state index is 0.0786. The van der Waals surface area contributed by atoms with Crippen LogP contribution in [-0.2, 0) is 11.8 Å². The van der Waals surface area contributed by atoms with Crippen molar-refractivity contribution in [3.63, 3.8) is 0 Å². The standard InChI is InChI=1S/C24H24O/c1-16-10-11-19(17-8-6-5-7-9-17)21-15-18(14-20(16)21)23-22(12-13-25-23)24(2,3)4/h5-13,15H,14H2,1-4H3. The molecule has 0 amide bonds. The Morgan fingerprint density at radius 3 is 2.40 bits per heavy atom. The van der Waals surface area contributed by atoms with Gasteiger partial charge in [-0.2, -0.15) is 0 Å². The van der Waals surface area contributed by atoms with Crippen LogP contribution in [0.4, 0.5) is 0 Å². The number of hydrogen-bond acceptors (Lipinski definition) is 1. The second-order valence-electron chi connectivity index (χ2n) is 7.95. The summed E-state index contributed by atoms with van der Waals surface area (Å²) in [6, 6.07) is 17.2. The normalized spacial score (nSPS) is 13.7. The van der Waals surface area contributed by atoms with Gasteiger partial charge in [0.25, 0.3) is 0 Å². The van der Waals surface area contributed by atoms with Crippen LogP contribution < -0.4 is 0 Å². The second kappa shape index (κ2) is 5.77. The molecule has 1 heterocycles. The highest BCUT2D eigenvalue weighted by atomic mass is 16.3. The van der Waals surface area contributed by atoms with Gasteiger partial charge in [0.15, 0.2) is 0 Å². The van der Waals surface area contributed by atoms with Crippen LogP contribution in [0.1, 0.15) is 48.8 Å². The Bertz CT molecular complexity index is 950. The van der Waals surface area contributed by atoms with Crippen molar-refractivity contribution in [3.8, 4) is 11.1 Å². The van der Waals surface area contributed by atoms with Gasteiger partial charge in [-0.3, -0.25) is 0 Å². The molecule has 1 aliphatic carbocycles. The Labute approximate surface area is 150 Å². The van der Waals surface area contributed by atoms with Gasteiger partial charge >= 0.3 is 0 Å². The van der Waals surface area contributed by atoms with Crippen molar-refractivity contribution in [1.29, 1.82) is 0 Å². The van der Waals surface area contributed by atoms with Crippen LogP contribution in [0.2, 0.25) is 0 Å². The van der Waals surface area contributed by atoms with Gasteiger partial charge < -0.3 is 4.42 Å². The summed E-state index contributed by atoms with van der Waals surface area (Å²) >= 11 is 0. The van der Waals surface area contributed by atoms with E-state index in [1.807, 2.05) is 6.26 Å². The molecule has 126 valence electrons. The number of fused-ring (bicyclic) bond motifs is 1. The van der Waals surface area contributed by atoms with Gasteiger partial charge in [-0.25, -0.2) is 0 Å². The lowest BCUT2D eigenvalue weighted by Crippen LogP contribution is -2.12. The first-order valence-electron chi connectivity index (χ1n) is 8.92. The zero-order valence-corrected chi connectivity index (χ0v) is 15.4. The summed E-state index contributed by atoms with van der Waals surface area (Å²) in [5, 5.41) is 0. The zero-order valence-electron chi connectivity index (χ0n) is 15.4. The third kappa shape index (κ3) is 2.74. The quantitative estimate of drug-likeness (QED) is 0.513. The summed E-state index contributed by atoms with van der Waals surface area (Å²) in [7, 11) is 0. The van der Waals surface area contributed by atoms with Crippen LogP contribution in [0, 0.1) is 6.92 Å². The SMILES string of the molecule is Cc1ccc(-c2ccccc2)c2c1CC(c1occc1C(C)(C)C)=C2. The van der Waals surface area contributed by atoms with Crippen molar-refractivity contribution in [3.05, 3.63) is 82.8 Å². The van der Waals surface area contributed by atoms with E-state index >= 15 is 0 Å². The van der Waals surface area contributed by atoms with Gasteiger partial charge in [-0.05, 0) is 52.3 Å². The molecule has 1 aliphatic rings. The molecule has 0 saturated carbocycles. The maximum absolute atomic E-state index is 5.92. The maximum Gasteiger partial charge on any atom is 0.133 e. The summed E-state index contributed by atoms with van der Waals surface area (Å²) < 4.78 is 5.92. The first kappa shape index (κ1) is 16.0. The second-order valence-corrected chi connectivity index (χ2v) is 7.95. The Kier molecular flexibility index (Phi) is 3.68. The Balaban J connectivity index is 1.85. The molecule has 0 bridgehead atoms. The predicted molar refractivity (Wildman–Crippen MR) is 106 cm³/mol. The number of aryl methyl sites for hydroxylation is 1. The van der Waals surface area contributed by atoms with Crippen LogP contribution in [0.25, 0.3) is 22.8 Å². The lowest BCUT2D eigenvalue weighted by Gasteiger charge is -2.18. The third-order valence-electron chi connectivity index (χ3n) is 5.13. The molecule has 0 unspecified atom stereocenters. The fourth-order valence-corrected chi connectivity index (χ4v) is 3.75. The molecular formula is C24H24O. The van der Waals surface area contributed by atoms with E-state index in [1.165, 1.54) is 39.0 Å². The first-order valence-corrected chi connectivity index (χ1v) is 8.92. The lowest BCUT2D eigenvalue weighted by atomic mass is 9.85. The van der Waals surface area contributed by atoms with E-state index in [2.05, 4.69) is 82.3 Å². The van der Waals surface area contributed by atoms with E-state index in [0.717, 1.165) is 12.2 Å². The molecule has 25 heavy (non-hydrogen) atoms. The molecule has 0 atom stereocenters. The van der Waals surface area contributed by atoms with E-state index in [-0.39, 0.29) is 5.41 Å². The molecule has 0 N–H and O–H groups in total. The summed E-state index contributed by atoms with van der Waals surface area (Å²) in [6.45, 7) is 8.93. The van der Waals surface area contributed by atoms with Crippen LogP contribution in [0.15, 0.2) is 59.2 Å². The van der Waals surface area contributed by atoms with Gasteiger partial charge in [0, 0.05) is 17.6 Å². The maximum atomic E-state index is 5.92. The fourth-order valence-electron chi connectivity index (χ4n) is 3.75. The highest BCUT2D eigenvalue weighted by molar-refractivity contribution is 5.94. The topological polar surface area (TPSA) is 13.1 Å². The molecule has 0 saturated heterocycles. The lowest BCUT2D eigenvalue weighted by molar-refractivity contribution is 0.523. The van der Waals surface area contributed by atoms with Crippen molar-refractivity contribution in [1.82, 2.24) is 0 Å². The number of hydrogen-bond donors (Lipinski definition) is 0. The number of benzene rings is 2. The van der Waals surface area contributed by atoms with Crippen LogP contribution >= 0.6 is 0 Å². The first-order chi connectivity index (χ1) is 11.9. The summed E-state index contributed by atoms with van der Waals surface area (Å²) in [5.41, 5.74) is 9.35. The van der Waals surface area contributed by atoms with E-state index in [4.69, 9.17) is 4.42 Å². The molecule has 0 radical (unpaired) electrons. The van der Waals surface area contributed by atoms with E-state index in [1.54, 1.807) is 0 Å².